The minimum Gasteiger partial charge on any atom is -0.423 e. The zero-order chi connectivity index (χ0) is 19.6. The fraction of sp³-hybridized carbons (Fsp3) is 0.200. The summed E-state index contributed by atoms with van der Waals surface area (Å²) in [5.41, 5.74) is 6.11. The Morgan fingerprint density at radius 2 is 1.76 bits per heavy atom. The maximum atomic E-state index is 12.2. The first-order chi connectivity index (χ1) is 14.3. The second-order valence-electron chi connectivity index (χ2n) is 7.54. The minimum absolute atomic E-state index is 0.0610. The van der Waals surface area contributed by atoms with Crippen molar-refractivity contribution >= 4 is 11.0 Å². The highest BCUT2D eigenvalue weighted by Crippen LogP contribution is 2.29. The summed E-state index contributed by atoms with van der Waals surface area (Å²) in [6.45, 7) is 0.553. The number of benzene rings is 2. The van der Waals surface area contributed by atoms with Crippen LogP contribution in [-0.2, 0) is 19.4 Å². The monoisotopic (exact) mass is 382 g/mol. The Labute approximate surface area is 169 Å². The third-order valence-electron chi connectivity index (χ3n) is 5.66. The van der Waals surface area contributed by atoms with E-state index in [9.17, 15) is 4.79 Å². The van der Waals surface area contributed by atoms with Gasteiger partial charge in [-0.2, -0.15) is 0 Å². The molecule has 2 aromatic heterocycles. The molecule has 2 heterocycles. The van der Waals surface area contributed by atoms with Crippen molar-refractivity contribution in [1.29, 1.82) is 0 Å². The van der Waals surface area contributed by atoms with Crippen LogP contribution in [0.5, 0.6) is 0 Å². The molecule has 4 aromatic rings. The molecule has 1 aliphatic rings. The summed E-state index contributed by atoms with van der Waals surface area (Å²) in [6, 6.07) is 22.0. The van der Waals surface area contributed by atoms with Gasteiger partial charge in [0.2, 0.25) is 0 Å². The maximum Gasteiger partial charge on any atom is 0.336 e. The predicted octanol–water partition coefficient (Wildman–Crippen LogP) is 4.56. The molecule has 0 bridgehead atoms. The van der Waals surface area contributed by atoms with Gasteiger partial charge in [-0.05, 0) is 65.8 Å². The average Bonchev–Trinajstić information content (AvgIpc) is 3.21. The number of nitrogens with zero attached hydrogens (tertiary/aromatic N) is 1. The van der Waals surface area contributed by atoms with Crippen LogP contribution in [0.2, 0.25) is 0 Å². The van der Waals surface area contributed by atoms with Crippen molar-refractivity contribution in [3.8, 4) is 0 Å². The standard InChI is InChI=1S/C25H22N2O2/c28-24-15-20(21-13-18-9-6-10-19(18)14-23(21)29-24)16-27-25(17-7-2-1-3-8-17)22-11-4-5-12-26-22/h1-5,7-8,11-15,25,27H,6,9-10,16H2. The minimum atomic E-state index is -0.304. The Morgan fingerprint density at radius 3 is 2.55 bits per heavy atom. The molecule has 0 spiro atoms. The summed E-state index contributed by atoms with van der Waals surface area (Å²) in [5.74, 6) is 0. The summed E-state index contributed by atoms with van der Waals surface area (Å²) in [7, 11) is 0. The van der Waals surface area contributed by atoms with Crippen molar-refractivity contribution in [2.45, 2.75) is 31.8 Å². The lowest BCUT2D eigenvalue weighted by Crippen LogP contribution is -2.23. The van der Waals surface area contributed by atoms with E-state index in [0.29, 0.717) is 12.1 Å². The van der Waals surface area contributed by atoms with Crippen molar-refractivity contribution in [2.75, 3.05) is 0 Å². The van der Waals surface area contributed by atoms with Gasteiger partial charge in [0.25, 0.3) is 0 Å². The summed E-state index contributed by atoms with van der Waals surface area (Å²) in [5, 5.41) is 4.63. The van der Waals surface area contributed by atoms with Crippen molar-refractivity contribution in [2.24, 2.45) is 0 Å². The van der Waals surface area contributed by atoms with E-state index >= 15 is 0 Å². The lowest BCUT2D eigenvalue weighted by atomic mass is 10.0. The van der Waals surface area contributed by atoms with E-state index in [1.807, 2.05) is 42.6 Å². The highest BCUT2D eigenvalue weighted by atomic mass is 16.4. The zero-order valence-corrected chi connectivity index (χ0v) is 16.1. The molecule has 29 heavy (non-hydrogen) atoms. The zero-order valence-electron chi connectivity index (χ0n) is 16.1. The van der Waals surface area contributed by atoms with Crippen molar-refractivity contribution in [3.63, 3.8) is 0 Å². The Morgan fingerprint density at radius 1 is 0.966 bits per heavy atom. The van der Waals surface area contributed by atoms with Crippen LogP contribution in [0.1, 0.15) is 40.4 Å². The van der Waals surface area contributed by atoms with Crippen LogP contribution in [0.25, 0.3) is 11.0 Å². The average molecular weight is 382 g/mol. The first kappa shape index (κ1) is 17.8. The normalized spacial score (nSPS) is 14.1. The molecule has 5 rings (SSSR count). The number of hydrogen-bond donors (Lipinski definition) is 1. The molecule has 1 unspecified atom stereocenters. The van der Waals surface area contributed by atoms with Crippen LogP contribution in [-0.4, -0.2) is 4.98 Å². The fourth-order valence-electron chi connectivity index (χ4n) is 4.24. The number of nitrogens with one attached hydrogen (secondary N) is 1. The van der Waals surface area contributed by atoms with Gasteiger partial charge in [-0.25, -0.2) is 4.79 Å². The second kappa shape index (κ2) is 7.64. The smallest absolute Gasteiger partial charge is 0.336 e. The predicted molar refractivity (Wildman–Crippen MR) is 114 cm³/mol. The Bertz CT molecular complexity index is 1160. The molecule has 4 heteroatoms. The molecule has 0 aliphatic heterocycles. The van der Waals surface area contributed by atoms with Crippen LogP contribution in [0.4, 0.5) is 0 Å². The molecule has 1 aliphatic carbocycles. The molecule has 1 atom stereocenters. The number of hydrogen-bond acceptors (Lipinski definition) is 4. The van der Waals surface area contributed by atoms with Gasteiger partial charge in [0.05, 0.1) is 11.7 Å². The lowest BCUT2D eigenvalue weighted by molar-refractivity contribution is 0.551. The molecule has 144 valence electrons. The van der Waals surface area contributed by atoms with Crippen molar-refractivity contribution < 1.29 is 4.42 Å². The molecule has 4 nitrogen and oxygen atoms in total. The van der Waals surface area contributed by atoms with Crippen LogP contribution in [0.15, 0.2) is 82.1 Å². The number of aryl methyl sites for hydroxylation is 2. The molecule has 0 amide bonds. The maximum absolute atomic E-state index is 12.2. The van der Waals surface area contributed by atoms with E-state index in [0.717, 1.165) is 35.0 Å². The first-order valence-electron chi connectivity index (χ1n) is 10.1. The van der Waals surface area contributed by atoms with Gasteiger partial charge in [-0.1, -0.05) is 36.4 Å². The number of rotatable bonds is 5. The van der Waals surface area contributed by atoms with Gasteiger partial charge in [0.15, 0.2) is 0 Å². The largest absolute Gasteiger partial charge is 0.423 e. The van der Waals surface area contributed by atoms with E-state index in [1.54, 1.807) is 6.07 Å². The first-order valence-corrected chi connectivity index (χ1v) is 10.1. The quantitative estimate of drug-likeness (QED) is 0.514. The van der Waals surface area contributed by atoms with Gasteiger partial charge in [-0.3, -0.25) is 4.98 Å². The fourth-order valence-corrected chi connectivity index (χ4v) is 4.24. The molecule has 0 radical (unpaired) electrons. The van der Waals surface area contributed by atoms with Crippen LogP contribution in [0.3, 0.4) is 0 Å². The van der Waals surface area contributed by atoms with E-state index in [2.05, 4.69) is 34.6 Å². The molecular weight excluding hydrogens is 360 g/mol. The number of aromatic nitrogens is 1. The van der Waals surface area contributed by atoms with Crippen LogP contribution in [0, 0.1) is 0 Å². The van der Waals surface area contributed by atoms with Gasteiger partial charge >= 0.3 is 5.63 Å². The van der Waals surface area contributed by atoms with E-state index in [4.69, 9.17) is 4.42 Å². The summed E-state index contributed by atoms with van der Waals surface area (Å²) in [6.07, 6.45) is 5.13. The van der Waals surface area contributed by atoms with Gasteiger partial charge in [0, 0.05) is 24.2 Å². The third kappa shape index (κ3) is 3.59. The van der Waals surface area contributed by atoms with Gasteiger partial charge in [0.1, 0.15) is 5.58 Å². The highest BCUT2D eigenvalue weighted by molar-refractivity contribution is 5.82. The van der Waals surface area contributed by atoms with Gasteiger partial charge in [-0.15, -0.1) is 0 Å². The Balaban J connectivity index is 1.52. The molecule has 0 saturated heterocycles. The summed E-state index contributed by atoms with van der Waals surface area (Å²) >= 11 is 0. The SMILES string of the molecule is O=c1cc(CNC(c2ccccc2)c2ccccn2)c2cc3c(cc2o1)CCC3. The van der Waals surface area contributed by atoms with E-state index in [-0.39, 0.29) is 11.7 Å². The molecule has 0 fully saturated rings. The molecule has 1 N–H and O–H groups in total. The topological polar surface area (TPSA) is 55.1 Å². The van der Waals surface area contributed by atoms with Gasteiger partial charge < -0.3 is 9.73 Å². The van der Waals surface area contributed by atoms with E-state index in [1.165, 1.54) is 17.5 Å². The van der Waals surface area contributed by atoms with Crippen LogP contribution < -0.4 is 10.9 Å². The Hall–Kier alpha value is -3.24. The third-order valence-corrected chi connectivity index (χ3v) is 5.66. The summed E-state index contributed by atoms with van der Waals surface area (Å²) in [4.78, 5) is 16.7. The summed E-state index contributed by atoms with van der Waals surface area (Å²) < 4.78 is 5.51. The van der Waals surface area contributed by atoms with Crippen molar-refractivity contribution in [1.82, 2.24) is 10.3 Å². The molecular formula is C25H22N2O2. The van der Waals surface area contributed by atoms with Crippen LogP contribution >= 0.6 is 0 Å². The Kier molecular flexibility index (Phi) is 4.70. The van der Waals surface area contributed by atoms with Crippen molar-refractivity contribution in [3.05, 3.63) is 111 Å². The number of pyridine rings is 1. The number of fused-ring (bicyclic) bond motifs is 2. The highest BCUT2D eigenvalue weighted by Gasteiger charge is 2.18. The molecule has 2 aromatic carbocycles. The molecule has 0 saturated carbocycles. The second-order valence-corrected chi connectivity index (χ2v) is 7.54. The van der Waals surface area contributed by atoms with E-state index < -0.39 is 0 Å². The lowest BCUT2D eigenvalue weighted by Gasteiger charge is -2.19.